The molecule has 0 saturated carbocycles. The number of rotatable bonds is 5. The molecule has 3 aromatic carbocycles. The lowest BCUT2D eigenvalue weighted by molar-refractivity contribution is -0.132. The van der Waals surface area contributed by atoms with E-state index in [9.17, 15) is 23.5 Å². The van der Waals surface area contributed by atoms with Crippen molar-refractivity contribution >= 4 is 34.7 Å². The summed E-state index contributed by atoms with van der Waals surface area (Å²) in [7, 11) is 2.76. The maximum atomic E-state index is 13.6. The molecule has 3 aromatic rings. The van der Waals surface area contributed by atoms with E-state index in [1.807, 2.05) is 0 Å². The van der Waals surface area contributed by atoms with E-state index >= 15 is 0 Å². The van der Waals surface area contributed by atoms with E-state index in [1.54, 1.807) is 0 Å². The standard InChI is InChI=1S/C25H18ClF2NO5/c1-33-19-12-20(34-2)18(26)11-17(19)23(30)21-22(13-3-5-14(27)6-4-13)29(25(32)24(21)31)16-9-7-15(28)8-10-16/h3-12,22,30H,1-2H3/b23-21+. The second-order valence-electron chi connectivity index (χ2n) is 7.38. The molecule has 1 saturated heterocycles. The van der Waals surface area contributed by atoms with Crippen molar-refractivity contribution in [1.82, 2.24) is 0 Å². The van der Waals surface area contributed by atoms with Crippen molar-refractivity contribution in [1.29, 1.82) is 0 Å². The first-order valence-electron chi connectivity index (χ1n) is 10.0. The van der Waals surface area contributed by atoms with Gasteiger partial charge in [-0.1, -0.05) is 23.7 Å². The fourth-order valence-electron chi connectivity index (χ4n) is 3.85. The van der Waals surface area contributed by atoms with Gasteiger partial charge in [0.25, 0.3) is 11.7 Å². The molecule has 1 atom stereocenters. The number of ketones is 1. The Hall–Kier alpha value is -3.91. The highest BCUT2D eigenvalue weighted by Gasteiger charge is 2.47. The zero-order valence-electron chi connectivity index (χ0n) is 18.0. The molecule has 1 fully saturated rings. The molecule has 174 valence electrons. The van der Waals surface area contributed by atoms with Crippen LogP contribution >= 0.6 is 11.6 Å². The lowest BCUT2D eigenvalue weighted by Gasteiger charge is -2.25. The fraction of sp³-hybridized carbons (Fsp3) is 0.120. The van der Waals surface area contributed by atoms with Gasteiger partial charge in [0.15, 0.2) is 0 Å². The molecule has 0 bridgehead atoms. The first-order chi connectivity index (χ1) is 16.3. The molecule has 4 rings (SSSR count). The summed E-state index contributed by atoms with van der Waals surface area (Å²) in [6.07, 6.45) is 0. The van der Waals surface area contributed by atoms with Gasteiger partial charge >= 0.3 is 0 Å². The van der Waals surface area contributed by atoms with E-state index in [0.29, 0.717) is 5.56 Å². The molecule has 1 N–H and O–H groups in total. The van der Waals surface area contributed by atoms with Crippen molar-refractivity contribution in [2.75, 3.05) is 19.1 Å². The van der Waals surface area contributed by atoms with Crippen LogP contribution in [0.5, 0.6) is 11.5 Å². The maximum absolute atomic E-state index is 13.6. The van der Waals surface area contributed by atoms with Gasteiger partial charge in [0.05, 0.1) is 36.4 Å². The minimum Gasteiger partial charge on any atom is -0.507 e. The largest absolute Gasteiger partial charge is 0.507 e. The monoisotopic (exact) mass is 485 g/mol. The van der Waals surface area contributed by atoms with Crippen LogP contribution in [-0.4, -0.2) is 31.0 Å². The third kappa shape index (κ3) is 3.97. The van der Waals surface area contributed by atoms with E-state index < -0.39 is 35.1 Å². The molecule has 0 radical (unpaired) electrons. The number of anilines is 1. The normalized spacial score (nSPS) is 17.2. The van der Waals surface area contributed by atoms with Gasteiger partial charge in [0.2, 0.25) is 0 Å². The summed E-state index contributed by atoms with van der Waals surface area (Å²) in [5.74, 6) is -3.10. The highest BCUT2D eigenvalue weighted by atomic mass is 35.5. The predicted octanol–water partition coefficient (Wildman–Crippen LogP) is 5.26. The van der Waals surface area contributed by atoms with E-state index in [-0.39, 0.29) is 33.3 Å². The van der Waals surface area contributed by atoms with E-state index in [1.165, 1.54) is 62.8 Å². The molecule has 6 nitrogen and oxygen atoms in total. The molecule has 1 aliphatic rings. The summed E-state index contributed by atoms with van der Waals surface area (Å²) >= 11 is 6.23. The van der Waals surface area contributed by atoms with Crippen LogP contribution in [0, 0.1) is 11.6 Å². The SMILES string of the molecule is COc1cc(OC)c(/C(O)=C2\C(=O)C(=O)N(c3ccc(F)cc3)C2c2ccc(F)cc2)cc1Cl. The Balaban J connectivity index is 1.98. The fourth-order valence-corrected chi connectivity index (χ4v) is 4.09. The highest BCUT2D eigenvalue weighted by Crippen LogP contribution is 2.44. The Morgan fingerprint density at radius 1 is 0.912 bits per heavy atom. The van der Waals surface area contributed by atoms with Crippen LogP contribution < -0.4 is 14.4 Å². The lowest BCUT2D eigenvalue weighted by atomic mass is 9.94. The summed E-state index contributed by atoms with van der Waals surface area (Å²) in [5.41, 5.74) is 0.361. The Labute approximate surface area is 198 Å². The number of amides is 1. The molecule has 0 aliphatic carbocycles. The van der Waals surface area contributed by atoms with Gasteiger partial charge < -0.3 is 14.6 Å². The molecule has 1 aliphatic heterocycles. The molecule has 0 spiro atoms. The van der Waals surface area contributed by atoms with Gasteiger partial charge in [-0.15, -0.1) is 0 Å². The zero-order chi connectivity index (χ0) is 24.6. The summed E-state index contributed by atoms with van der Waals surface area (Å²) in [6.45, 7) is 0. The topological polar surface area (TPSA) is 76.1 Å². The number of hydrogen-bond donors (Lipinski definition) is 1. The molecular formula is C25H18ClF2NO5. The minimum atomic E-state index is -1.13. The lowest BCUT2D eigenvalue weighted by Crippen LogP contribution is -2.29. The van der Waals surface area contributed by atoms with E-state index in [0.717, 1.165) is 17.0 Å². The molecule has 1 heterocycles. The van der Waals surface area contributed by atoms with Crippen molar-refractivity contribution < 1.29 is 33.0 Å². The van der Waals surface area contributed by atoms with Gasteiger partial charge in [-0.3, -0.25) is 14.5 Å². The van der Waals surface area contributed by atoms with Crippen molar-refractivity contribution in [2.24, 2.45) is 0 Å². The average Bonchev–Trinajstić information content (AvgIpc) is 3.10. The number of carbonyl (C=O) groups excluding carboxylic acids is 2. The first-order valence-corrected chi connectivity index (χ1v) is 10.4. The van der Waals surface area contributed by atoms with Crippen LogP contribution in [0.15, 0.2) is 66.2 Å². The summed E-state index contributed by atoms with van der Waals surface area (Å²) in [4.78, 5) is 27.4. The van der Waals surface area contributed by atoms with Gasteiger partial charge in [-0.2, -0.15) is 0 Å². The third-order valence-electron chi connectivity index (χ3n) is 5.46. The number of methoxy groups -OCH3 is 2. The molecular weight excluding hydrogens is 468 g/mol. The quantitative estimate of drug-likeness (QED) is 0.303. The second-order valence-corrected chi connectivity index (χ2v) is 7.79. The minimum absolute atomic E-state index is 0.0533. The first kappa shape index (κ1) is 23.3. The number of carbonyl (C=O) groups is 2. The number of Topliss-reactive ketones (excluding diaryl/α,β-unsaturated/α-hetero) is 1. The molecule has 9 heteroatoms. The van der Waals surface area contributed by atoms with Crippen molar-refractivity contribution in [3.8, 4) is 11.5 Å². The van der Waals surface area contributed by atoms with Gasteiger partial charge in [0.1, 0.15) is 28.9 Å². The Bertz CT molecular complexity index is 1310. The van der Waals surface area contributed by atoms with Crippen molar-refractivity contribution in [3.63, 3.8) is 0 Å². The number of ether oxygens (including phenoxy) is 2. The predicted molar refractivity (Wildman–Crippen MR) is 122 cm³/mol. The van der Waals surface area contributed by atoms with Gasteiger partial charge in [0, 0.05) is 11.8 Å². The number of hydrogen-bond acceptors (Lipinski definition) is 5. The van der Waals surface area contributed by atoms with E-state index in [2.05, 4.69) is 0 Å². The van der Waals surface area contributed by atoms with Gasteiger partial charge in [-0.05, 0) is 48.0 Å². The average molecular weight is 486 g/mol. The van der Waals surface area contributed by atoms with Gasteiger partial charge in [-0.25, -0.2) is 8.78 Å². The molecule has 0 aromatic heterocycles. The Morgan fingerprint density at radius 3 is 2.03 bits per heavy atom. The maximum Gasteiger partial charge on any atom is 0.300 e. The summed E-state index contributed by atoms with van der Waals surface area (Å²) in [6, 6.07) is 11.7. The van der Waals surface area contributed by atoms with E-state index in [4.69, 9.17) is 21.1 Å². The van der Waals surface area contributed by atoms with Crippen LogP contribution in [0.4, 0.5) is 14.5 Å². The number of aliphatic hydroxyl groups is 1. The van der Waals surface area contributed by atoms with Crippen LogP contribution in [0.3, 0.4) is 0 Å². The molecule has 1 amide bonds. The summed E-state index contributed by atoms with van der Waals surface area (Å²) in [5, 5.41) is 11.4. The van der Waals surface area contributed by atoms with Crippen molar-refractivity contribution in [3.05, 3.63) is 94.0 Å². The highest BCUT2D eigenvalue weighted by molar-refractivity contribution is 6.51. The van der Waals surface area contributed by atoms with Crippen LogP contribution in [0.2, 0.25) is 5.02 Å². The van der Waals surface area contributed by atoms with Crippen LogP contribution in [0.25, 0.3) is 5.76 Å². The number of benzene rings is 3. The second kappa shape index (κ2) is 9.15. The van der Waals surface area contributed by atoms with Crippen molar-refractivity contribution in [2.45, 2.75) is 6.04 Å². The van der Waals surface area contributed by atoms with Crippen LogP contribution in [-0.2, 0) is 9.59 Å². The number of nitrogens with zero attached hydrogens (tertiary/aromatic N) is 1. The Kier molecular flexibility index (Phi) is 6.26. The molecule has 34 heavy (non-hydrogen) atoms. The Morgan fingerprint density at radius 2 is 1.47 bits per heavy atom. The molecule has 1 unspecified atom stereocenters. The number of aliphatic hydroxyl groups excluding tert-OH is 1. The smallest absolute Gasteiger partial charge is 0.300 e. The number of halogens is 3. The summed E-state index contributed by atoms with van der Waals surface area (Å²) < 4.78 is 37.7. The third-order valence-corrected chi connectivity index (χ3v) is 5.76. The zero-order valence-corrected chi connectivity index (χ0v) is 18.8. The van der Waals surface area contributed by atoms with Crippen LogP contribution in [0.1, 0.15) is 17.2 Å².